The third kappa shape index (κ3) is 4.15. The van der Waals surface area contributed by atoms with Crippen molar-refractivity contribution in [3.8, 4) is 5.75 Å². The van der Waals surface area contributed by atoms with Crippen LogP contribution in [0.1, 0.15) is 38.7 Å². The Balaban J connectivity index is 2.01. The molecule has 0 aromatic heterocycles. The molecule has 0 saturated heterocycles. The van der Waals surface area contributed by atoms with Gasteiger partial charge in [-0.05, 0) is 43.9 Å². The van der Waals surface area contributed by atoms with Crippen molar-refractivity contribution in [2.45, 2.75) is 51.3 Å². The SMILES string of the molecule is CCC(C)(O)COc1c(F)cc(CNC2CC2)cc1F. The van der Waals surface area contributed by atoms with Gasteiger partial charge in [0, 0.05) is 12.6 Å². The molecule has 2 N–H and O–H groups in total. The molecule has 1 saturated carbocycles. The summed E-state index contributed by atoms with van der Waals surface area (Å²) in [5, 5.41) is 13.0. The Morgan fingerprint density at radius 2 is 1.95 bits per heavy atom. The Bertz CT molecular complexity index is 450. The van der Waals surface area contributed by atoms with Crippen LogP contribution in [0.25, 0.3) is 0 Å². The second kappa shape index (κ2) is 6.06. The predicted octanol–water partition coefficient (Wildman–Crippen LogP) is 2.76. The van der Waals surface area contributed by atoms with Crippen molar-refractivity contribution in [3.63, 3.8) is 0 Å². The van der Waals surface area contributed by atoms with Crippen molar-refractivity contribution < 1.29 is 18.6 Å². The molecule has 1 unspecified atom stereocenters. The van der Waals surface area contributed by atoms with Crippen molar-refractivity contribution in [1.29, 1.82) is 0 Å². The second-order valence-corrected chi connectivity index (χ2v) is 5.68. The van der Waals surface area contributed by atoms with Gasteiger partial charge in [-0.3, -0.25) is 0 Å². The first kappa shape index (κ1) is 15.2. The van der Waals surface area contributed by atoms with Crippen molar-refractivity contribution >= 4 is 0 Å². The van der Waals surface area contributed by atoms with Crippen LogP contribution in [0.2, 0.25) is 0 Å². The zero-order valence-corrected chi connectivity index (χ0v) is 11.9. The molecule has 1 aromatic carbocycles. The molecule has 0 aliphatic heterocycles. The fourth-order valence-corrected chi connectivity index (χ4v) is 1.73. The number of ether oxygens (including phenoxy) is 1. The Hall–Kier alpha value is -1.20. The molecule has 1 atom stereocenters. The van der Waals surface area contributed by atoms with E-state index in [0.717, 1.165) is 12.8 Å². The number of benzene rings is 1. The monoisotopic (exact) mass is 285 g/mol. The van der Waals surface area contributed by atoms with Crippen molar-refractivity contribution in [3.05, 3.63) is 29.3 Å². The summed E-state index contributed by atoms with van der Waals surface area (Å²) in [4.78, 5) is 0. The average molecular weight is 285 g/mol. The lowest BCUT2D eigenvalue weighted by Gasteiger charge is -2.22. The third-order valence-corrected chi connectivity index (χ3v) is 3.52. The van der Waals surface area contributed by atoms with Crippen molar-refractivity contribution in [2.75, 3.05) is 6.61 Å². The van der Waals surface area contributed by atoms with E-state index >= 15 is 0 Å². The molecule has 0 bridgehead atoms. The van der Waals surface area contributed by atoms with Gasteiger partial charge in [0.15, 0.2) is 17.4 Å². The highest BCUT2D eigenvalue weighted by Crippen LogP contribution is 2.26. The molecule has 20 heavy (non-hydrogen) atoms. The largest absolute Gasteiger partial charge is 0.485 e. The number of nitrogens with one attached hydrogen (secondary N) is 1. The van der Waals surface area contributed by atoms with Crippen LogP contribution in [0, 0.1) is 11.6 Å². The first-order valence-electron chi connectivity index (χ1n) is 6.98. The summed E-state index contributed by atoms with van der Waals surface area (Å²) in [6, 6.07) is 3.03. The van der Waals surface area contributed by atoms with Gasteiger partial charge in [-0.15, -0.1) is 0 Å². The lowest BCUT2D eigenvalue weighted by Crippen LogP contribution is -2.31. The zero-order valence-electron chi connectivity index (χ0n) is 11.9. The first-order valence-corrected chi connectivity index (χ1v) is 6.98. The smallest absolute Gasteiger partial charge is 0.190 e. The van der Waals surface area contributed by atoms with Crippen LogP contribution in [-0.4, -0.2) is 23.4 Å². The van der Waals surface area contributed by atoms with Crippen LogP contribution in [0.3, 0.4) is 0 Å². The third-order valence-electron chi connectivity index (χ3n) is 3.52. The quantitative estimate of drug-likeness (QED) is 0.809. The van der Waals surface area contributed by atoms with Gasteiger partial charge in [-0.1, -0.05) is 6.92 Å². The molecular weight excluding hydrogens is 264 g/mol. The Morgan fingerprint density at radius 1 is 1.35 bits per heavy atom. The van der Waals surface area contributed by atoms with Gasteiger partial charge >= 0.3 is 0 Å². The fraction of sp³-hybridized carbons (Fsp3) is 0.600. The van der Waals surface area contributed by atoms with Gasteiger partial charge < -0.3 is 15.2 Å². The van der Waals surface area contributed by atoms with Gasteiger partial charge in [0.25, 0.3) is 0 Å². The van der Waals surface area contributed by atoms with Crippen LogP contribution < -0.4 is 10.1 Å². The Kier molecular flexibility index (Phi) is 4.60. The Labute approximate surface area is 117 Å². The van der Waals surface area contributed by atoms with E-state index in [1.54, 1.807) is 13.8 Å². The number of aliphatic hydroxyl groups is 1. The summed E-state index contributed by atoms with van der Waals surface area (Å²) in [7, 11) is 0. The molecule has 1 aromatic rings. The van der Waals surface area contributed by atoms with E-state index in [2.05, 4.69) is 5.32 Å². The van der Waals surface area contributed by atoms with Crippen molar-refractivity contribution in [2.24, 2.45) is 0 Å². The van der Waals surface area contributed by atoms with Crippen LogP contribution in [0.15, 0.2) is 12.1 Å². The summed E-state index contributed by atoms with van der Waals surface area (Å²) in [6.45, 7) is 3.65. The molecule has 1 aliphatic carbocycles. The molecule has 5 heteroatoms. The maximum Gasteiger partial charge on any atom is 0.190 e. The second-order valence-electron chi connectivity index (χ2n) is 5.68. The van der Waals surface area contributed by atoms with E-state index in [0.29, 0.717) is 24.6 Å². The zero-order chi connectivity index (χ0) is 14.8. The Morgan fingerprint density at radius 3 is 2.45 bits per heavy atom. The highest BCUT2D eigenvalue weighted by Gasteiger charge is 2.23. The standard InChI is InChI=1S/C15H21F2NO2/c1-3-15(2,19)9-20-14-12(16)6-10(7-13(14)17)8-18-11-4-5-11/h6-7,11,18-19H,3-5,8-9H2,1-2H3. The molecule has 112 valence electrons. The van der Waals surface area contributed by atoms with Crippen LogP contribution in [-0.2, 0) is 6.54 Å². The molecule has 2 rings (SSSR count). The van der Waals surface area contributed by atoms with Gasteiger partial charge in [-0.2, -0.15) is 0 Å². The minimum absolute atomic E-state index is 0.142. The normalized spacial score (nSPS) is 17.9. The van der Waals surface area contributed by atoms with E-state index in [1.807, 2.05) is 0 Å². The lowest BCUT2D eigenvalue weighted by molar-refractivity contribution is 0.00610. The van der Waals surface area contributed by atoms with Gasteiger partial charge in [0.05, 0.1) is 5.60 Å². The van der Waals surface area contributed by atoms with E-state index < -0.39 is 23.0 Å². The highest BCUT2D eigenvalue weighted by atomic mass is 19.1. The van der Waals surface area contributed by atoms with Gasteiger partial charge in [0.1, 0.15) is 6.61 Å². The van der Waals surface area contributed by atoms with Gasteiger partial charge in [-0.25, -0.2) is 8.78 Å². The minimum atomic E-state index is -1.09. The molecule has 0 heterocycles. The maximum absolute atomic E-state index is 13.9. The number of halogens is 2. The number of hydrogen-bond donors (Lipinski definition) is 2. The van der Waals surface area contributed by atoms with Crippen molar-refractivity contribution in [1.82, 2.24) is 5.32 Å². The molecule has 1 aliphatic rings. The molecular formula is C15H21F2NO2. The van der Waals surface area contributed by atoms with E-state index in [-0.39, 0.29) is 6.61 Å². The fourth-order valence-electron chi connectivity index (χ4n) is 1.73. The molecule has 3 nitrogen and oxygen atoms in total. The first-order chi connectivity index (χ1) is 9.41. The summed E-state index contributed by atoms with van der Waals surface area (Å²) in [5.74, 6) is -1.89. The maximum atomic E-state index is 13.9. The predicted molar refractivity (Wildman–Crippen MR) is 72.6 cm³/mol. The topological polar surface area (TPSA) is 41.5 Å². The lowest BCUT2D eigenvalue weighted by atomic mass is 10.1. The molecule has 0 radical (unpaired) electrons. The van der Waals surface area contributed by atoms with Crippen LogP contribution in [0.5, 0.6) is 5.75 Å². The molecule has 1 fully saturated rings. The number of rotatable bonds is 7. The van der Waals surface area contributed by atoms with Crippen LogP contribution >= 0.6 is 0 Å². The summed E-state index contributed by atoms with van der Waals surface area (Å²) in [6.07, 6.45) is 2.69. The number of hydrogen-bond acceptors (Lipinski definition) is 3. The van der Waals surface area contributed by atoms with E-state index in [1.165, 1.54) is 12.1 Å². The molecule has 0 amide bonds. The highest BCUT2D eigenvalue weighted by molar-refractivity contribution is 5.31. The van der Waals surface area contributed by atoms with Gasteiger partial charge in [0.2, 0.25) is 0 Å². The van der Waals surface area contributed by atoms with Crippen LogP contribution in [0.4, 0.5) is 8.78 Å². The molecule has 0 spiro atoms. The summed E-state index contributed by atoms with van der Waals surface area (Å²) in [5.41, 5.74) is -0.535. The average Bonchev–Trinajstić information content (AvgIpc) is 3.19. The van der Waals surface area contributed by atoms with E-state index in [4.69, 9.17) is 4.74 Å². The summed E-state index contributed by atoms with van der Waals surface area (Å²) >= 11 is 0. The van der Waals surface area contributed by atoms with E-state index in [9.17, 15) is 13.9 Å². The summed E-state index contributed by atoms with van der Waals surface area (Å²) < 4.78 is 32.8. The minimum Gasteiger partial charge on any atom is -0.485 e.